The maximum Gasteiger partial charge on any atom is 0.0601 e. The zero-order chi connectivity index (χ0) is 11.8. The fraction of sp³-hybridized carbons (Fsp3) is 1.00. The topological polar surface area (TPSA) is 53.3 Å². The van der Waals surface area contributed by atoms with Gasteiger partial charge in [-0.15, -0.1) is 0 Å². The van der Waals surface area contributed by atoms with Gasteiger partial charge in [0, 0.05) is 0 Å². The van der Waals surface area contributed by atoms with Gasteiger partial charge in [0.1, 0.15) is 0 Å². The molecular weight excluding hydrogens is 188 g/mol. The second kappa shape index (κ2) is 8.05. The van der Waals surface area contributed by atoms with Crippen molar-refractivity contribution in [1.29, 1.82) is 0 Å². The predicted octanol–water partition coefficient (Wildman–Crippen LogP) is 0.894. The Bertz CT molecular complexity index is 150. The highest BCUT2D eigenvalue weighted by atomic mass is 15.3. The lowest BCUT2D eigenvalue weighted by atomic mass is 10.2. The average Bonchev–Trinajstić information content (AvgIpc) is 2.22. The number of hydrogen-bond acceptors (Lipinski definition) is 4. The first-order chi connectivity index (χ1) is 7.04. The van der Waals surface area contributed by atoms with Crippen LogP contribution in [0.25, 0.3) is 0 Å². The van der Waals surface area contributed by atoms with E-state index in [9.17, 15) is 0 Å². The monoisotopic (exact) mass is 216 g/mol. The van der Waals surface area contributed by atoms with Crippen LogP contribution in [0.5, 0.6) is 0 Å². The SMILES string of the molecule is CCC(N)NC(CC)NC(CC)N(C)C. The summed E-state index contributed by atoms with van der Waals surface area (Å²) in [5.41, 5.74) is 5.88. The van der Waals surface area contributed by atoms with Gasteiger partial charge in [-0.1, -0.05) is 20.8 Å². The molecule has 15 heavy (non-hydrogen) atoms. The summed E-state index contributed by atoms with van der Waals surface area (Å²) in [5, 5.41) is 6.93. The molecule has 0 amide bonds. The molecule has 0 rings (SSSR count). The molecule has 3 atom stereocenters. The fourth-order valence-corrected chi connectivity index (χ4v) is 1.52. The molecule has 0 aliphatic rings. The highest BCUT2D eigenvalue weighted by Gasteiger charge is 2.15. The van der Waals surface area contributed by atoms with E-state index in [0.29, 0.717) is 12.3 Å². The van der Waals surface area contributed by atoms with Crippen molar-refractivity contribution < 1.29 is 0 Å². The Balaban J connectivity index is 4.06. The lowest BCUT2D eigenvalue weighted by Crippen LogP contribution is -2.56. The molecule has 4 heteroatoms. The second-order valence-electron chi connectivity index (χ2n) is 4.20. The molecule has 0 spiro atoms. The molecule has 0 aromatic heterocycles. The van der Waals surface area contributed by atoms with Gasteiger partial charge in [-0.05, 0) is 33.4 Å². The van der Waals surface area contributed by atoms with Gasteiger partial charge >= 0.3 is 0 Å². The standard InChI is InChI=1S/C11H28N4/c1-6-9(12)13-10(7-2)14-11(8-3)15(4)5/h9-11,13-14H,6-8,12H2,1-5H3. The third-order valence-corrected chi connectivity index (χ3v) is 2.67. The van der Waals surface area contributed by atoms with Crippen molar-refractivity contribution in [3.05, 3.63) is 0 Å². The van der Waals surface area contributed by atoms with Crippen LogP contribution in [0.1, 0.15) is 40.0 Å². The van der Waals surface area contributed by atoms with E-state index in [1.807, 2.05) is 0 Å². The minimum absolute atomic E-state index is 0.0853. The summed E-state index contributed by atoms with van der Waals surface area (Å²) in [7, 11) is 4.18. The Hall–Kier alpha value is -0.160. The van der Waals surface area contributed by atoms with Gasteiger partial charge in [-0.25, -0.2) is 0 Å². The quantitative estimate of drug-likeness (QED) is 0.528. The van der Waals surface area contributed by atoms with E-state index in [-0.39, 0.29) is 6.17 Å². The summed E-state index contributed by atoms with van der Waals surface area (Å²) < 4.78 is 0. The summed E-state index contributed by atoms with van der Waals surface area (Å²) >= 11 is 0. The molecule has 0 heterocycles. The van der Waals surface area contributed by atoms with Crippen molar-refractivity contribution >= 4 is 0 Å². The minimum Gasteiger partial charge on any atom is -0.316 e. The molecule has 0 aliphatic carbocycles. The number of nitrogens with two attached hydrogens (primary N) is 1. The number of rotatable bonds is 8. The van der Waals surface area contributed by atoms with Crippen LogP contribution in [-0.2, 0) is 0 Å². The molecule has 0 radical (unpaired) electrons. The third kappa shape index (κ3) is 6.10. The number of hydrogen-bond donors (Lipinski definition) is 3. The second-order valence-corrected chi connectivity index (χ2v) is 4.20. The van der Waals surface area contributed by atoms with E-state index < -0.39 is 0 Å². The van der Waals surface area contributed by atoms with Crippen molar-refractivity contribution in [3.8, 4) is 0 Å². The van der Waals surface area contributed by atoms with Crippen LogP contribution in [0.3, 0.4) is 0 Å². The van der Waals surface area contributed by atoms with Crippen LogP contribution in [0.2, 0.25) is 0 Å². The van der Waals surface area contributed by atoms with E-state index in [0.717, 1.165) is 19.3 Å². The smallest absolute Gasteiger partial charge is 0.0601 e. The van der Waals surface area contributed by atoms with Gasteiger partial charge < -0.3 is 5.73 Å². The van der Waals surface area contributed by atoms with Crippen LogP contribution >= 0.6 is 0 Å². The number of nitrogens with one attached hydrogen (secondary N) is 2. The molecular formula is C11H28N4. The zero-order valence-electron chi connectivity index (χ0n) is 10.9. The summed E-state index contributed by atoms with van der Waals surface area (Å²) in [5.74, 6) is 0. The Kier molecular flexibility index (Phi) is 7.96. The summed E-state index contributed by atoms with van der Waals surface area (Å²) in [6.45, 7) is 6.44. The molecule has 0 aromatic carbocycles. The van der Waals surface area contributed by atoms with E-state index in [1.54, 1.807) is 0 Å². The van der Waals surface area contributed by atoms with Crippen LogP contribution in [0.4, 0.5) is 0 Å². The van der Waals surface area contributed by atoms with Crippen LogP contribution in [-0.4, -0.2) is 37.5 Å². The molecule has 4 nitrogen and oxygen atoms in total. The molecule has 4 N–H and O–H groups in total. The Morgan fingerprint density at radius 3 is 1.93 bits per heavy atom. The van der Waals surface area contributed by atoms with Crippen molar-refractivity contribution in [2.24, 2.45) is 5.73 Å². The van der Waals surface area contributed by atoms with Gasteiger partial charge in [-0.2, -0.15) is 0 Å². The normalized spacial score (nSPS) is 17.8. The summed E-state index contributed by atoms with van der Waals surface area (Å²) in [4.78, 5) is 2.20. The molecule has 0 aromatic rings. The van der Waals surface area contributed by atoms with Crippen molar-refractivity contribution in [2.75, 3.05) is 14.1 Å². The average molecular weight is 216 g/mol. The maximum atomic E-state index is 5.88. The highest BCUT2D eigenvalue weighted by Crippen LogP contribution is 1.98. The van der Waals surface area contributed by atoms with E-state index in [4.69, 9.17) is 5.73 Å². The molecule has 92 valence electrons. The zero-order valence-corrected chi connectivity index (χ0v) is 10.9. The summed E-state index contributed by atoms with van der Waals surface area (Å²) in [6.07, 6.45) is 3.88. The van der Waals surface area contributed by atoms with Gasteiger partial charge in [-0.3, -0.25) is 15.5 Å². The van der Waals surface area contributed by atoms with Crippen molar-refractivity contribution in [3.63, 3.8) is 0 Å². The molecule has 0 saturated carbocycles. The molecule has 0 bridgehead atoms. The summed E-state index contributed by atoms with van der Waals surface area (Å²) in [6, 6.07) is 0. The number of nitrogens with zero attached hydrogens (tertiary/aromatic N) is 1. The van der Waals surface area contributed by atoms with E-state index >= 15 is 0 Å². The van der Waals surface area contributed by atoms with E-state index in [1.165, 1.54) is 0 Å². The van der Waals surface area contributed by atoms with Gasteiger partial charge in [0.15, 0.2) is 0 Å². The first-order valence-electron chi connectivity index (χ1n) is 5.99. The highest BCUT2D eigenvalue weighted by molar-refractivity contribution is 4.71. The first kappa shape index (κ1) is 14.8. The fourth-order valence-electron chi connectivity index (χ4n) is 1.52. The Morgan fingerprint density at radius 1 is 1.00 bits per heavy atom. The lowest BCUT2D eigenvalue weighted by molar-refractivity contribution is 0.194. The van der Waals surface area contributed by atoms with E-state index in [2.05, 4.69) is 50.4 Å². The molecule has 0 aliphatic heterocycles. The Morgan fingerprint density at radius 2 is 1.60 bits per heavy atom. The van der Waals surface area contributed by atoms with Crippen LogP contribution in [0, 0.1) is 0 Å². The maximum absolute atomic E-state index is 5.88. The van der Waals surface area contributed by atoms with Crippen LogP contribution < -0.4 is 16.4 Å². The third-order valence-electron chi connectivity index (χ3n) is 2.67. The van der Waals surface area contributed by atoms with Gasteiger partial charge in [0.05, 0.1) is 18.5 Å². The Labute approximate surface area is 94.6 Å². The largest absolute Gasteiger partial charge is 0.316 e. The minimum atomic E-state index is 0.0853. The molecule has 0 saturated heterocycles. The van der Waals surface area contributed by atoms with Crippen molar-refractivity contribution in [1.82, 2.24) is 15.5 Å². The molecule has 0 fully saturated rings. The predicted molar refractivity (Wildman–Crippen MR) is 66.4 cm³/mol. The van der Waals surface area contributed by atoms with Gasteiger partial charge in [0.2, 0.25) is 0 Å². The molecule has 3 unspecified atom stereocenters. The van der Waals surface area contributed by atoms with Gasteiger partial charge in [0.25, 0.3) is 0 Å². The van der Waals surface area contributed by atoms with Crippen LogP contribution in [0.15, 0.2) is 0 Å². The first-order valence-corrected chi connectivity index (χ1v) is 5.99. The van der Waals surface area contributed by atoms with Crippen molar-refractivity contribution in [2.45, 2.75) is 58.5 Å². The lowest BCUT2D eigenvalue weighted by Gasteiger charge is -2.31.